The first-order chi connectivity index (χ1) is 7.72. The smallest absolute Gasteiger partial charge is 0.0468 e. The molecule has 1 heterocycles. The highest BCUT2D eigenvalue weighted by Gasteiger charge is 2.18. The molecule has 1 aliphatic heterocycles. The van der Waals surface area contributed by atoms with Gasteiger partial charge in [-0.3, -0.25) is 0 Å². The predicted molar refractivity (Wildman–Crippen MR) is 68.8 cm³/mol. The van der Waals surface area contributed by atoms with Crippen molar-refractivity contribution >= 4 is 0 Å². The van der Waals surface area contributed by atoms with Crippen molar-refractivity contribution in [3.8, 4) is 0 Å². The summed E-state index contributed by atoms with van der Waals surface area (Å²) in [4.78, 5) is 2.27. The van der Waals surface area contributed by atoms with Crippen LogP contribution in [0.3, 0.4) is 0 Å². The molecule has 1 N–H and O–H groups in total. The first kappa shape index (κ1) is 13.9. The van der Waals surface area contributed by atoms with Gasteiger partial charge in [0.1, 0.15) is 0 Å². The lowest BCUT2D eigenvalue weighted by molar-refractivity contribution is 0.0600. The summed E-state index contributed by atoms with van der Waals surface area (Å²) in [6, 6.07) is 0.690. The first-order valence-electron chi connectivity index (χ1n) is 6.68. The highest BCUT2D eigenvalue weighted by atomic mass is 16.5. The Bertz CT molecular complexity index is 167. The molecular weight excluding hydrogens is 200 g/mol. The van der Waals surface area contributed by atoms with Gasteiger partial charge in [0.15, 0.2) is 0 Å². The SMILES string of the molecule is CCNC(CCN(C)C)CC1CCOCC1. The summed E-state index contributed by atoms with van der Waals surface area (Å²) in [5.74, 6) is 0.875. The van der Waals surface area contributed by atoms with Gasteiger partial charge >= 0.3 is 0 Å². The number of rotatable bonds is 7. The lowest BCUT2D eigenvalue weighted by atomic mass is 9.91. The zero-order chi connectivity index (χ0) is 11.8. The third-order valence-electron chi connectivity index (χ3n) is 3.38. The van der Waals surface area contributed by atoms with Gasteiger partial charge in [-0.15, -0.1) is 0 Å². The summed E-state index contributed by atoms with van der Waals surface area (Å²) in [5.41, 5.74) is 0. The maximum atomic E-state index is 5.41. The largest absolute Gasteiger partial charge is 0.381 e. The van der Waals surface area contributed by atoms with E-state index in [9.17, 15) is 0 Å². The third-order valence-corrected chi connectivity index (χ3v) is 3.38. The van der Waals surface area contributed by atoms with Crippen LogP contribution in [0, 0.1) is 5.92 Å². The molecule has 0 radical (unpaired) electrons. The highest BCUT2D eigenvalue weighted by Crippen LogP contribution is 2.21. The van der Waals surface area contributed by atoms with E-state index in [0.717, 1.165) is 25.7 Å². The number of ether oxygens (including phenoxy) is 1. The van der Waals surface area contributed by atoms with Crippen molar-refractivity contribution in [2.45, 2.75) is 38.6 Å². The van der Waals surface area contributed by atoms with Crippen LogP contribution >= 0.6 is 0 Å². The van der Waals surface area contributed by atoms with E-state index in [4.69, 9.17) is 4.74 Å². The van der Waals surface area contributed by atoms with Crippen LogP contribution in [-0.2, 0) is 4.74 Å². The Hall–Kier alpha value is -0.120. The minimum atomic E-state index is 0.690. The second kappa shape index (κ2) is 8.04. The molecule has 1 rings (SSSR count). The number of nitrogens with one attached hydrogen (secondary N) is 1. The molecule has 16 heavy (non-hydrogen) atoms. The fraction of sp³-hybridized carbons (Fsp3) is 1.00. The quantitative estimate of drug-likeness (QED) is 0.718. The van der Waals surface area contributed by atoms with E-state index in [1.807, 2.05) is 0 Å². The van der Waals surface area contributed by atoms with E-state index in [1.54, 1.807) is 0 Å². The van der Waals surface area contributed by atoms with Crippen LogP contribution in [0.2, 0.25) is 0 Å². The Balaban J connectivity index is 2.25. The number of hydrogen-bond acceptors (Lipinski definition) is 3. The van der Waals surface area contributed by atoms with Crippen LogP contribution in [0.25, 0.3) is 0 Å². The van der Waals surface area contributed by atoms with Gasteiger partial charge in [0.25, 0.3) is 0 Å². The van der Waals surface area contributed by atoms with E-state index in [0.29, 0.717) is 6.04 Å². The van der Waals surface area contributed by atoms with Crippen molar-refractivity contribution in [2.75, 3.05) is 40.4 Å². The molecule has 96 valence electrons. The minimum Gasteiger partial charge on any atom is -0.381 e. The highest BCUT2D eigenvalue weighted by molar-refractivity contribution is 4.74. The maximum absolute atomic E-state index is 5.41. The van der Waals surface area contributed by atoms with E-state index in [-0.39, 0.29) is 0 Å². The molecule has 3 nitrogen and oxygen atoms in total. The van der Waals surface area contributed by atoms with Crippen molar-refractivity contribution in [3.05, 3.63) is 0 Å². The average molecular weight is 228 g/mol. The molecular formula is C13H28N2O. The third kappa shape index (κ3) is 5.83. The summed E-state index contributed by atoms with van der Waals surface area (Å²) >= 11 is 0. The van der Waals surface area contributed by atoms with Gasteiger partial charge in [-0.05, 0) is 58.8 Å². The second-order valence-electron chi connectivity index (χ2n) is 5.14. The normalized spacial score (nSPS) is 20.2. The minimum absolute atomic E-state index is 0.690. The molecule has 1 unspecified atom stereocenters. The van der Waals surface area contributed by atoms with Crippen LogP contribution < -0.4 is 5.32 Å². The van der Waals surface area contributed by atoms with Gasteiger partial charge in [-0.2, -0.15) is 0 Å². The average Bonchev–Trinajstić information content (AvgIpc) is 2.27. The van der Waals surface area contributed by atoms with E-state index in [2.05, 4.69) is 31.2 Å². The molecule has 0 aromatic heterocycles. The van der Waals surface area contributed by atoms with Gasteiger partial charge in [0, 0.05) is 19.3 Å². The fourth-order valence-electron chi connectivity index (χ4n) is 2.39. The standard InChI is InChI=1S/C13H28N2O/c1-4-14-13(5-8-15(2)3)11-12-6-9-16-10-7-12/h12-14H,4-11H2,1-3H3. The van der Waals surface area contributed by atoms with Crippen LogP contribution in [0.4, 0.5) is 0 Å². The van der Waals surface area contributed by atoms with E-state index < -0.39 is 0 Å². The molecule has 1 atom stereocenters. The summed E-state index contributed by atoms with van der Waals surface area (Å²) in [5, 5.41) is 3.62. The van der Waals surface area contributed by atoms with Gasteiger partial charge in [-0.1, -0.05) is 6.92 Å². The molecule has 1 fully saturated rings. The summed E-state index contributed by atoms with van der Waals surface area (Å²) in [6.45, 7) is 6.41. The Morgan fingerprint density at radius 3 is 2.56 bits per heavy atom. The van der Waals surface area contributed by atoms with Crippen LogP contribution in [0.1, 0.15) is 32.6 Å². The Kier molecular flexibility index (Phi) is 7.01. The zero-order valence-electron chi connectivity index (χ0n) is 11.2. The van der Waals surface area contributed by atoms with Gasteiger partial charge in [0.05, 0.1) is 0 Å². The Morgan fingerprint density at radius 2 is 2.00 bits per heavy atom. The molecule has 0 aromatic rings. The lowest BCUT2D eigenvalue weighted by Gasteiger charge is -2.27. The van der Waals surface area contributed by atoms with Crippen LogP contribution in [0.15, 0.2) is 0 Å². The molecule has 0 bridgehead atoms. The number of nitrogens with zero attached hydrogens (tertiary/aromatic N) is 1. The summed E-state index contributed by atoms with van der Waals surface area (Å²) < 4.78 is 5.41. The zero-order valence-corrected chi connectivity index (χ0v) is 11.2. The fourth-order valence-corrected chi connectivity index (χ4v) is 2.39. The molecule has 0 saturated carbocycles. The second-order valence-corrected chi connectivity index (χ2v) is 5.14. The molecule has 0 amide bonds. The monoisotopic (exact) mass is 228 g/mol. The lowest BCUT2D eigenvalue weighted by Crippen LogP contribution is -2.35. The van der Waals surface area contributed by atoms with Crippen LogP contribution in [0.5, 0.6) is 0 Å². The van der Waals surface area contributed by atoms with E-state index in [1.165, 1.54) is 32.2 Å². The molecule has 0 spiro atoms. The Morgan fingerprint density at radius 1 is 1.31 bits per heavy atom. The number of hydrogen-bond donors (Lipinski definition) is 1. The van der Waals surface area contributed by atoms with Crippen molar-refractivity contribution in [1.82, 2.24) is 10.2 Å². The topological polar surface area (TPSA) is 24.5 Å². The molecule has 0 aliphatic carbocycles. The molecule has 1 aliphatic rings. The van der Waals surface area contributed by atoms with Gasteiger partial charge in [0.2, 0.25) is 0 Å². The molecule has 0 aromatic carbocycles. The van der Waals surface area contributed by atoms with Crippen molar-refractivity contribution in [1.29, 1.82) is 0 Å². The predicted octanol–water partition coefficient (Wildman–Crippen LogP) is 1.73. The molecule has 1 saturated heterocycles. The van der Waals surface area contributed by atoms with E-state index >= 15 is 0 Å². The molecule has 3 heteroatoms. The first-order valence-corrected chi connectivity index (χ1v) is 6.68. The van der Waals surface area contributed by atoms with Crippen molar-refractivity contribution in [2.24, 2.45) is 5.92 Å². The van der Waals surface area contributed by atoms with Gasteiger partial charge < -0.3 is 15.0 Å². The van der Waals surface area contributed by atoms with Crippen LogP contribution in [-0.4, -0.2) is 51.3 Å². The Labute approximate surface area is 101 Å². The summed E-state index contributed by atoms with van der Waals surface area (Å²) in [6.07, 6.45) is 5.09. The van der Waals surface area contributed by atoms with Gasteiger partial charge in [-0.25, -0.2) is 0 Å². The van der Waals surface area contributed by atoms with Crippen molar-refractivity contribution < 1.29 is 4.74 Å². The maximum Gasteiger partial charge on any atom is 0.0468 e. The summed E-state index contributed by atoms with van der Waals surface area (Å²) in [7, 11) is 4.30. The van der Waals surface area contributed by atoms with Crippen molar-refractivity contribution in [3.63, 3.8) is 0 Å².